The first kappa shape index (κ1) is 26.9. The molecule has 3 rings (SSSR count). The van der Waals surface area contributed by atoms with Crippen molar-refractivity contribution in [2.24, 2.45) is 4.99 Å². The average Bonchev–Trinajstić information content (AvgIpc) is 3.29. The van der Waals surface area contributed by atoms with Gasteiger partial charge in [0.1, 0.15) is 11.9 Å². The lowest BCUT2D eigenvalue weighted by Gasteiger charge is -2.17. The van der Waals surface area contributed by atoms with Crippen LogP contribution in [0.1, 0.15) is 23.1 Å². The fourth-order valence-electron chi connectivity index (χ4n) is 3.31. The lowest BCUT2D eigenvalue weighted by molar-refractivity contribution is -0.127. The van der Waals surface area contributed by atoms with E-state index in [0.29, 0.717) is 25.7 Å². The molecule has 0 spiro atoms. The molecule has 7 nitrogen and oxygen atoms in total. The Balaban J connectivity index is 0.00000385. The summed E-state index contributed by atoms with van der Waals surface area (Å²) in [4.78, 5) is 18.3. The van der Waals surface area contributed by atoms with Crippen molar-refractivity contribution in [1.29, 1.82) is 0 Å². The summed E-state index contributed by atoms with van der Waals surface area (Å²) in [5.74, 6) is 1.44. The Morgan fingerprint density at radius 1 is 1.18 bits per heavy atom. The molecular formula is C25H35IN4O3. The lowest BCUT2D eigenvalue weighted by atomic mass is 10.1. The Kier molecular flexibility index (Phi) is 11.5. The van der Waals surface area contributed by atoms with Gasteiger partial charge in [0.05, 0.1) is 26.3 Å². The van der Waals surface area contributed by atoms with E-state index in [1.165, 1.54) is 5.56 Å². The van der Waals surface area contributed by atoms with Gasteiger partial charge in [-0.25, -0.2) is 4.99 Å². The summed E-state index contributed by atoms with van der Waals surface area (Å²) in [6, 6.07) is 16.4. The number of amides is 1. The van der Waals surface area contributed by atoms with Crippen LogP contribution in [0.15, 0.2) is 53.5 Å². The zero-order valence-electron chi connectivity index (χ0n) is 19.7. The van der Waals surface area contributed by atoms with Crippen LogP contribution in [0.25, 0.3) is 0 Å². The number of carbonyl (C=O) groups excluding carboxylic acids is 1. The van der Waals surface area contributed by atoms with Gasteiger partial charge in [-0.2, -0.15) is 0 Å². The highest BCUT2D eigenvalue weighted by Gasteiger charge is 2.18. The van der Waals surface area contributed by atoms with Crippen molar-refractivity contribution in [3.63, 3.8) is 0 Å². The Bertz CT molecular complexity index is 900. The summed E-state index contributed by atoms with van der Waals surface area (Å²) in [5.41, 5.74) is 3.39. The summed E-state index contributed by atoms with van der Waals surface area (Å²) in [7, 11) is 3.48. The highest BCUT2D eigenvalue weighted by atomic mass is 127. The maximum Gasteiger partial charge on any atom is 0.241 e. The van der Waals surface area contributed by atoms with Crippen LogP contribution in [0.5, 0.6) is 5.75 Å². The van der Waals surface area contributed by atoms with E-state index in [4.69, 9.17) is 14.5 Å². The van der Waals surface area contributed by atoms with E-state index in [2.05, 4.69) is 47.9 Å². The normalized spacial score (nSPS) is 15.5. The number of benzene rings is 2. The van der Waals surface area contributed by atoms with Crippen LogP contribution in [0.4, 0.5) is 0 Å². The number of nitrogens with one attached hydrogen (secondary N) is 2. The SMILES string of the molecule is Cc1ccc(CN=C(NCCc2ccccc2)NCC(=O)N(C)C)c(OC2CCOC2)c1.I. The first-order valence-electron chi connectivity index (χ1n) is 11.1. The van der Waals surface area contributed by atoms with E-state index in [0.717, 1.165) is 36.3 Å². The van der Waals surface area contributed by atoms with Crippen LogP contribution in [-0.4, -0.2) is 63.3 Å². The van der Waals surface area contributed by atoms with Crippen molar-refractivity contribution in [2.45, 2.75) is 32.4 Å². The number of ether oxygens (including phenoxy) is 2. The molecule has 1 unspecified atom stereocenters. The quantitative estimate of drug-likeness (QED) is 0.277. The second-order valence-corrected chi connectivity index (χ2v) is 8.18. The number of guanidine groups is 1. The Morgan fingerprint density at radius 2 is 1.97 bits per heavy atom. The maximum atomic E-state index is 12.1. The van der Waals surface area contributed by atoms with Gasteiger partial charge in [-0.15, -0.1) is 24.0 Å². The van der Waals surface area contributed by atoms with Gasteiger partial charge in [0, 0.05) is 32.6 Å². The molecule has 2 aromatic carbocycles. The molecule has 0 bridgehead atoms. The van der Waals surface area contributed by atoms with Crippen LogP contribution < -0.4 is 15.4 Å². The van der Waals surface area contributed by atoms with Crippen molar-refractivity contribution in [3.8, 4) is 5.75 Å². The molecule has 1 aliphatic heterocycles. The largest absolute Gasteiger partial charge is 0.488 e. The molecule has 0 aliphatic carbocycles. The van der Waals surface area contributed by atoms with Crippen molar-refractivity contribution < 1.29 is 14.3 Å². The predicted octanol–water partition coefficient (Wildman–Crippen LogP) is 3.15. The molecule has 1 saturated heterocycles. The minimum Gasteiger partial charge on any atom is -0.488 e. The molecule has 1 aliphatic rings. The highest BCUT2D eigenvalue weighted by molar-refractivity contribution is 14.0. The van der Waals surface area contributed by atoms with E-state index in [9.17, 15) is 4.79 Å². The summed E-state index contributed by atoms with van der Waals surface area (Å²) in [6.07, 6.45) is 1.85. The molecule has 0 radical (unpaired) electrons. The molecule has 2 aromatic rings. The number of likely N-dealkylation sites (N-methyl/N-ethyl adjacent to an activating group) is 1. The van der Waals surface area contributed by atoms with Crippen LogP contribution in [0, 0.1) is 6.92 Å². The molecule has 1 fully saturated rings. The summed E-state index contributed by atoms with van der Waals surface area (Å²) >= 11 is 0. The van der Waals surface area contributed by atoms with Crippen LogP contribution in [0.3, 0.4) is 0 Å². The maximum absolute atomic E-state index is 12.1. The minimum absolute atomic E-state index is 0. The Labute approximate surface area is 214 Å². The minimum atomic E-state index is -0.0110. The number of aryl methyl sites for hydroxylation is 1. The Morgan fingerprint density at radius 3 is 2.67 bits per heavy atom. The molecule has 180 valence electrons. The van der Waals surface area contributed by atoms with Gasteiger partial charge in [-0.05, 0) is 30.5 Å². The molecule has 2 N–H and O–H groups in total. The molecule has 8 heteroatoms. The molecule has 1 amide bonds. The van der Waals surface area contributed by atoms with Crippen molar-refractivity contribution in [2.75, 3.05) is 40.4 Å². The third-order valence-corrected chi connectivity index (χ3v) is 5.27. The molecular weight excluding hydrogens is 531 g/mol. The smallest absolute Gasteiger partial charge is 0.241 e. The molecule has 1 atom stereocenters. The second-order valence-electron chi connectivity index (χ2n) is 8.18. The van der Waals surface area contributed by atoms with Crippen LogP contribution in [-0.2, 0) is 22.5 Å². The first-order chi connectivity index (χ1) is 15.5. The van der Waals surface area contributed by atoms with E-state index >= 15 is 0 Å². The average molecular weight is 566 g/mol. The number of hydrogen-bond donors (Lipinski definition) is 2. The number of nitrogens with zero attached hydrogens (tertiary/aromatic N) is 2. The standard InChI is InChI=1S/C25H34N4O3.HI/c1-19-9-10-21(23(15-19)32-22-12-14-31-18-22)16-27-25(28-17-24(30)29(2)3)26-13-11-20-7-5-4-6-8-20;/h4-10,15,22H,11-14,16-18H2,1-3H3,(H2,26,27,28);1H. The number of aliphatic imine (C=N–C) groups is 1. The van der Waals surface area contributed by atoms with Gasteiger partial charge in [0.15, 0.2) is 5.96 Å². The van der Waals surface area contributed by atoms with E-state index in [1.54, 1.807) is 19.0 Å². The van der Waals surface area contributed by atoms with Crippen LogP contribution in [0.2, 0.25) is 0 Å². The number of hydrogen-bond acceptors (Lipinski definition) is 4. The van der Waals surface area contributed by atoms with Crippen molar-refractivity contribution in [3.05, 3.63) is 65.2 Å². The van der Waals surface area contributed by atoms with Crippen molar-refractivity contribution in [1.82, 2.24) is 15.5 Å². The topological polar surface area (TPSA) is 75.2 Å². The number of carbonyl (C=O) groups is 1. The Hall–Kier alpha value is -2.33. The fraction of sp³-hybridized carbons (Fsp3) is 0.440. The second kappa shape index (κ2) is 14.0. The fourth-order valence-corrected chi connectivity index (χ4v) is 3.31. The van der Waals surface area contributed by atoms with E-state index in [1.807, 2.05) is 18.2 Å². The summed E-state index contributed by atoms with van der Waals surface area (Å²) in [6.45, 7) is 4.75. The van der Waals surface area contributed by atoms with Crippen LogP contribution >= 0.6 is 24.0 Å². The van der Waals surface area contributed by atoms with Crippen molar-refractivity contribution >= 4 is 35.8 Å². The van der Waals surface area contributed by atoms with E-state index < -0.39 is 0 Å². The molecule has 33 heavy (non-hydrogen) atoms. The summed E-state index contributed by atoms with van der Waals surface area (Å²) < 4.78 is 11.6. The molecule has 0 aromatic heterocycles. The number of halogens is 1. The zero-order chi connectivity index (χ0) is 22.8. The van der Waals surface area contributed by atoms with Gasteiger partial charge in [0.2, 0.25) is 5.91 Å². The summed E-state index contributed by atoms with van der Waals surface area (Å²) in [5, 5.41) is 6.49. The monoisotopic (exact) mass is 566 g/mol. The van der Waals surface area contributed by atoms with Gasteiger partial charge in [-0.3, -0.25) is 4.79 Å². The zero-order valence-corrected chi connectivity index (χ0v) is 22.0. The third-order valence-electron chi connectivity index (χ3n) is 5.27. The highest BCUT2D eigenvalue weighted by Crippen LogP contribution is 2.24. The third kappa shape index (κ3) is 9.21. The number of rotatable bonds is 9. The lowest BCUT2D eigenvalue weighted by Crippen LogP contribution is -2.43. The van der Waals surface area contributed by atoms with Gasteiger partial charge in [0.25, 0.3) is 0 Å². The molecule has 1 heterocycles. The molecule has 0 saturated carbocycles. The van der Waals surface area contributed by atoms with Gasteiger partial charge in [-0.1, -0.05) is 42.5 Å². The first-order valence-corrected chi connectivity index (χ1v) is 11.1. The van der Waals surface area contributed by atoms with E-state index in [-0.39, 0.29) is 42.5 Å². The predicted molar refractivity (Wildman–Crippen MR) is 142 cm³/mol. The van der Waals surface area contributed by atoms with Gasteiger partial charge < -0.3 is 25.0 Å². The van der Waals surface area contributed by atoms with Gasteiger partial charge >= 0.3 is 0 Å².